The average molecular weight is 252 g/mol. The first-order valence-electron chi connectivity index (χ1n) is 5.17. The van der Waals surface area contributed by atoms with Gasteiger partial charge in [0.25, 0.3) is 0 Å². The molecule has 0 bridgehead atoms. The summed E-state index contributed by atoms with van der Waals surface area (Å²) in [5.41, 5.74) is 0.963. The van der Waals surface area contributed by atoms with Gasteiger partial charge in [-0.2, -0.15) is 0 Å². The zero-order valence-electron chi connectivity index (χ0n) is 8.56. The Balaban J connectivity index is 2.13. The lowest BCUT2D eigenvalue weighted by molar-refractivity contribution is 0.612. The van der Waals surface area contributed by atoms with Crippen LogP contribution in [0.5, 0.6) is 0 Å². The van der Waals surface area contributed by atoms with Gasteiger partial charge >= 0.3 is 0 Å². The van der Waals surface area contributed by atoms with Crippen LogP contribution in [-0.2, 0) is 6.54 Å². The highest BCUT2D eigenvalue weighted by Gasteiger charge is 2.18. The first-order chi connectivity index (χ1) is 7.86. The molecule has 0 atom stereocenters. The zero-order valence-corrected chi connectivity index (χ0v) is 10.1. The Kier molecular flexibility index (Phi) is 2.61. The Morgan fingerprint density at radius 1 is 1.25 bits per heavy atom. The van der Waals surface area contributed by atoms with E-state index in [4.69, 9.17) is 11.6 Å². The number of aromatic nitrogens is 3. The number of fused-ring (bicyclic) bond motifs is 1. The molecular weight excluding hydrogens is 242 g/mol. The maximum absolute atomic E-state index is 6.17. The highest BCUT2D eigenvalue weighted by atomic mass is 35.5. The Morgan fingerprint density at radius 3 is 3.00 bits per heavy atom. The van der Waals surface area contributed by atoms with Crippen LogP contribution in [0.2, 0.25) is 5.02 Å². The summed E-state index contributed by atoms with van der Waals surface area (Å²) in [5.74, 6) is 2.01. The molecule has 0 radical (unpaired) electrons. The van der Waals surface area contributed by atoms with Crippen LogP contribution in [0.15, 0.2) is 29.4 Å². The van der Waals surface area contributed by atoms with Crippen molar-refractivity contribution in [1.29, 1.82) is 0 Å². The topological polar surface area (TPSA) is 30.7 Å². The molecule has 0 saturated heterocycles. The molecule has 3 rings (SSSR count). The molecule has 5 heteroatoms. The summed E-state index contributed by atoms with van der Waals surface area (Å²) in [7, 11) is 0. The Hall–Kier alpha value is -1.000. The number of thioether (sulfide) groups is 1. The number of halogens is 1. The highest BCUT2D eigenvalue weighted by Crippen LogP contribution is 2.31. The summed E-state index contributed by atoms with van der Waals surface area (Å²) in [5, 5.41) is 10.2. The van der Waals surface area contributed by atoms with E-state index in [9.17, 15) is 0 Å². The van der Waals surface area contributed by atoms with Crippen molar-refractivity contribution in [2.45, 2.75) is 18.1 Å². The summed E-state index contributed by atoms with van der Waals surface area (Å²) in [4.78, 5) is 0. The lowest BCUT2D eigenvalue weighted by atomic mass is 10.2. The van der Waals surface area contributed by atoms with Crippen molar-refractivity contribution in [3.8, 4) is 11.4 Å². The van der Waals surface area contributed by atoms with Crippen LogP contribution in [0.3, 0.4) is 0 Å². The Morgan fingerprint density at radius 2 is 2.12 bits per heavy atom. The van der Waals surface area contributed by atoms with Crippen LogP contribution in [0.25, 0.3) is 11.4 Å². The predicted molar refractivity (Wildman–Crippen MR) is 65.8 cm³/mol. The molecule has 0 aliphatic carbocycles. The fraction of sp³-hybridized carbons (Fsp3) is 0.273. The summed E-state index contributed by atoms with van der Waals surface area (Å²) in [6.45, 7) is 0.982. The Labute approximate surface area is 103 Å². The van der Waals surface area contributed by atoms with Gasteiger partial charge in [0.05, 0.1) is 5.02 Å². The van der Waals surface area contributed by atoms with Gasteiger partial charge in [0, 0.05) is 17.9 Å². The molecule has 3 nitrogen and oxygen atoms in total. The molecule has 0 spiro atoms. The lowest BCUT2D eigenvalue weighted by Gasteiger charge is -2.14. The fourth-order valence-electron chi connectivity index (χ4n) is 1.82. The third kappa shape index (κ3) is 1.62. The molecule has 1 aliphatic rings. The van der Waals surface area contributed by atoms with Gasteiger partial charge in [-0.3, -0.25) is 0 Å². The zero-order chi connectivity index (χ0) is 11.0. The van der Waals surface area contributed by atoms with E-state index < -0.39 is 0 Å². The van der Waals surface area contributed by atoms with Gasteiger partial charge in [0.2, 0.25) is 0 Å². The van der Waals surface area contributed by atoms with Crippen molar-refractivity contribution in [3.05, 3.63) is 29.3 Å². The van der Waals surface area contributed by atoms with Gasteiger partial charge in [-0.05, 0) is 18.6 Å². The van der Waals surface area contributed by atoms with E-state index >= 15 is 0 Å². The normalized spacial score (nSPS) is 14.8. The molecule has 16 heavy (non-hydrogen) atoms. The second-order valence-electron chi connectivity index (χ2n) is 3.64. The van der Waals surface area contributed by atoms with Gasteiger partial charge in [-0.1, -0.05) is 35.5 Å². The van der Waals surface area contributed by atoms with E-state index in [0.29, 0.717) is 0 Å². The molecule has 0 amide bonds. The average Bonchev–Trinajstić information content (AvgIpc) is 2.74. The van der Waals surface area contributed by atoms with Crippen LogP contribution in [0.4, 0.5) is 0 Å². The third-order valence-electron chi connectivity index (χ3n) is 2.59. The largest absolute Gasteiger partial charge is 0.302 e. The van der Waals surface area contributed by atoms with Crippen molar-refractivity contribution in [2.24, 2.45) is 0 Å². The molecule has 2 aromatic rings. The van der Waals surface area contributed by atoms with Crippen molar-refractivity contribution >= 4 is 23.4 Å². The van der Waals surface area contributed by atoms with E-state index in [-0.39, 0.29) is 0 Å². The van der Waals surface area contributed by atoms with Crippen LogP contribution in [0, 0.1) is 0 Å². The molecule has 0 unspecified atom stereocenters. The number of hydrogen-bond donors (Lipinski definition) is 0. The van der Waals surface area contributed by atoms with Crippen molar-refractivity contribution in [1.82, 2.24) is 14.8 Å². The minimum atomic E-state index is 0.730. The van der Waals surface area contributed by atoms with E-state index in [1.165, 1.54) is 0 Å². The molecule has 0 saturated carbocycles. The number of rotatable bonds is 1. The quantitative estimate of drug-likeness (QED) is 0.780. The highest BCUT2D eigenvalue weighted by molar-refractivity contribution is 7.99. The summed E-state index contributed by atoms with van der Waals surface area (Å²) < 4.78 is 2.15. The fourth-order valence-corrected chi connectivity index (χ4v) is 2.93. The molecule has 0 N–H and O–H groups in total. The van der Waals surface area contributed by atoms with Gasteiger partial charge < -0.3 is 4.57 Å². The van der Waals surface area contributed by atoms with Gasteiger partial charge in [0.15, 0.2) is 11.0 Å². The van der Waals surface area contributed by atoms with Crippen molar-refractivity contribution in [2.75, 3.05) is 5.75 Å². The predicted octanol–water partition coefficient (Wildman–Crippen LogP) is 3.09. The van der Waals surface area contributed by atoms with Crippen LogP contribution in [0.1, 0.15) is 6.42 Å². The summed E-state index contributed by atoms with van der Waals surface area (Å²) >= 11 is 7.93. The monoisotopic (exact) mass is 251 g/mol. The molecule has 1 aromatic heterocycles. The molecular formula is C11H10ClN3S. The molecule has 0 fully saturated rings. The molecule has 2 heterocycles. The Bertz CT molecular complexity index is 524. The number of hydrogen-bond acceptors (Lipinski definition) is 3. The van der Waals surface area contributed by atoms with E-state index in [1.54, 1.807) is 11.8 Å². The summed E-state index contributed by atoms with van der Waals surface area (Å²) in [6.07, 6.45) is 1.16. The van der Waals surface area contributed by atoms with Gasteiger partial charge in [-0.15, -0.1) is 10.2 Å². The number of nitrogens with zero attached hydrogens (tertiary/aromatic N) is 3. The standard InChI is InChI=1S/C11H10ClN3S/c12-9-5-2-1-4-8(9)10-13-14-11-15(10)6-3-7-16-11/h1-2,4-5H,3,6-7H2. The van der Waals surface area contributed by atoms with Crippen molar-refractivity contribution < 1.29 is 0 Å². The second kappa shape index (κ2) is 4.11. The number of benzene rings is 1. The minimum Gasteiger partial charge on any atom is -0.302 e. The van der Waals surface area contributed by atoms with Gasteiger partial charge in [0.1, 0.15) is 0 Å². The smallest absolute Gasteiger partial charge is 0.191 e. The SMILES string of the molecule is Clc1ccccc1-c1nnc2n1CCCS2. The minimum absolute atomic E-state index is 0.730. The second-order valence-corrected chi connectivity index (χ2v) is 5.11. The first kappa shape index (κ1) is 10.2. The van der Waals surface area contributed by atoms with Gasteiger partial charge in [-0.25, -0.2) is 0 Å². The maximum atomic E-state index is 6.17. The van der Waals surface area contributed by atoms with E-state index in [2.05, 4.69) is 14.8 Å². The first-order valence-corrected chi connectivity index (χ1v) is 6.53. The molecule has 82 valence electrons. The maximum Gasteiger partial charge on any atom is 0.191 e. The summed E-state index contributed by atoms with van der Waals surface area (Å²) in [6, 6.07) is 7.76. The lowest BCUT2D eigenvalue weighted by Crippen LogP contribution is -2.08. The van der Waals surface area contributed by atoms with Crippen molar-refractivity contribution in [3.63, 3.8) is 0 Å². The van der Waals surface area contributed by atoms with Crippen LogP contribution in [-0.4, -0.2) is 20.5 Å². The molecule has 1 aromatic carbocycles. The van der Waals surface area contributed by atoms with E-state index in [1.807, 2.05) is 24.3 Å². The van der Waals surface area contributed by atoms with Crippen LogP contribution >= 0.6 is 23.4 Å². The molecule has 1 aliphatic heterocycles. The van der Waals surface area contributed by atoms with Crippen LogP contribution < -0.4 is 0 Å². The van der Waals surface area contributed by atoms with E-state index in [0.717, 1.165) is 40.3 Å². The third-order valence-corrected chi connectivity index (χ3v) is 3.97.